The molecule has 0 aliphatic carbocycles. The highest BCUT2D eigenvalue weighted by molar-refractivity contribution is 7.80. The number of rotatable bonds is 9. The van der Waals surface area contributed by atoms with Crippen molar-refractivity contribution in [2.75, 3.05) is 18.5 Å². The van der Waals surface area contributed by atoms with Crippen molar-refractivity contribution in [1.29, 1.82) is 0 Å². The summed E-state index contributed by atoms with van der Waals surface area (Å²) < 4.78 is 27.8. The van der Waals surface area contributed by atoms with Gasteiger partial charge in [0.15, 0.2) is 16.7 Å². The van der Waals surface area contributed by atoms with E-state index >= 15 is 4.39 Å². The molecule has 1 aliphatic heterocycles. The first-order valence-corrected chi connectivity index (χ1v) is 15.2. The number of carbonyl (C=O) groups excluding carboxylic acids is 1. The fourth-order valence-corrected chi connectivity index (χ4v) is 6.15. The molecule has 1 fully saturated rings. The number of fused-ring (bicyclic) bond motifs is 1. The molecule has 3 aromatic carbocycles. The molecule has 6 rings (SSSR count). The van der Waals surface area contributed by atoms with Gasteiger partial charge in [-0.3, -0.25) is 9.78 Å². The maximum Gasteiger partial charge on any atom is 0.230 e. The van der Waals surface area contributed by atoms with Crippen LogP contribution >= 0.6 is 23.6 Å². The van der Waals surface area contributed by atoms with Crippen LogP contribution < -0.4 is 25.4 Å². The number of amides is 1. The Hall–Kier alpha value is -4.38. The van der Waals surface area contributed by atoms with Crippen LogP contribution in [0.2, 0.25) is 0 Å². The van der Waals surface area contributed by atoms with E-state index in [0.717, 1.165) is 44.9 Å². The van der Waals surface area contributed by atoms with E-state index in [-0.39, 0.29) is 23.2 Å². The van der Waals surface area contributed by atoms with Crippen LogP contribution in [0.3, 0.4) is 0 Å². The van der Waals surface area contributed by atoms with E-state index in [2.05, 4.69) is 20.9 Å². The molecule has 218 valence electrons. The van der Waals surface area contributed by atoms with Gasteiger partial charge in [-0.15, -0.1) is 11.3 Å². The number of carbonyl (C=O) groups is 1. The molecule has 7 nitrogen and oxygen atoms in total. The van der Waals surface area contributed by atoms with Crippen molar-refractivity contribution in [3.05, 3.63) is 103 Å². The Bertz CT molecular complexity index is 1740. The number of nitrogens with one attached hydrogen (secondary N) is 3. The topological polar surface area (TPSA) is 84.5 Å². The third kappa shape index (κ3) is 7.34. The second-order valence-electron chi connectivity index (χ2n) is 10.2. The van der Waals surface area contributed by atoms with Crippen LogP contribution in [-0.2, 0) is 11.2 Å². The number of ether oxygens (including phenoxy) is 2. The lowest BCUT2D eigenvalue weighted by Crippen LogP contribution is -2.35. The SMILES string of the molecule is O=C(Cc1ccccc1)NC(=S)Nc1ccc(Oc2ccnc3cc(-c4ccc(OC[C@@H]5CCCN5)cc4)sc23)c(F)c1. The highest BCUT2D eigenvalue weighted by atomic mass is 32.1. The highest BCUT2D eigenvalue weighted by Gasteiger charge is 2.16. The molecule has 0 unspecified atom stereocenters. The van der Waals surface area contributed by atoms with Crippen molar-refractivity contribution in [3.63, 3.8) is 0 Å². The van der Waals surface area contributed by atoms with Gasteiger partial charge in [0.1, 0.15) is 18.1 Å². The lowest BCUT2D eigenvalue weighted by Gasteiger charge is -2.12. The number of pyridine rings is 1. The van der Waals surface area contributed by atoms with Gasteiger partial charge in [-0.1, -0.05) is 30.3 Å². The molecule has 43 heavy (non-hydrogen) atoms. The lowest BCUT2D eigenvalue weighted by molar-refractivity contribution is -0.119. The monoisotopic (exact) mass is 612 g/mol. The normalized spacial score (nSPS) is 14.4. The van der Waals surface area contributed by atoms with Gasteiger partial charge in [-0.2, -0.15) is 0 Å². The number of halogens is 1. The van der Waals surface area contributed by atoms with Crippen molar-refractivity contribution < 1.29 is 18.7 Å². The summed E-state index contributed by atoms with van der Waals surface area (Å²) in [5, 5.41) is 9.00. The van der Waals surface area contributed by atoms with Gasteiger partial charge in [-0.25, -0.2) is 4.39 Å². The minimum absolute atomic E-state index is 0.0604. The zero-order valence-electron chi connectivity index (χ0n) is 23.1. The Morgan fingerprint density at radius 3 is 2.65 bits per heavy atom. The Kier molecular flexibility index (Phi) is 8.88. The maximum atomic E-state index is 15.1. The molecular formula is C33H29FN4O3S2. The summed E-state index contributed by atoms with van der Waals surface area (Å²) in [6.45, 7) is 1.72. The van der Waals surface area contributed by atoms with Gasteiger partial charge >= 0.3 is 0 Å². The van der Waals surface area contributed by atoms with Crippen molar-refractivity contribution in [2.24, 2.45) is 0 Å². The molecule has 0 spiro atoms. The number of anilines is 1. The largest absolute Gasteiger partial charge is 0.492 e. The van der Waals surface area contributed by atoms with E-state index in [1.807, 2.05) is 60.7 Å². The first-order chi connectivity index (χ1) is 21.0. The predicted molar refractivity (Wildman–Crippen MR) is 173 cm³/mol. The smallest absolute Gasteiger partial charge is 0.230 e. The first kappa shape index (κ1) is 28.7. The average molecular weight is 613 g/mol. The Balaban J connectivity index is 1.09. The van der Waals surface area contributed by atoms with Gasteiger partial charge in [-0.05, 0) is 85.2 Å². The molecule has 10 heteroatoms. The molecule has 1 atom stereocenters. The van der Waals surface area contributed by atoms with Gasteiger partial charge < -0.3 is 25.4 Å². The van der Waals surface area contributed by atoms with Crippen LogP contribution in [-0.4, -0.2) is 35.2 Å². The number of aromatic nitrogens is 1. The van der Waals surface area contributed by atoms with Gasteiger partial charge in [0.05, 0.1) is 16.6 Å². The fourth-order valence-electron chi connectivity index (χ4n) is 4.84. The van der Waals surface area contributed by atoms with Crippen molar-refractivity contribution in [1.82, 2.24) is 15.6 Å². The summed E-state index contributed by atoms with van der Waals surface area (Å²) in [6.07, 6.45) is 4.17. The van der Waals surface area contributed by atoms with E-state index in [1.54, 1.807) is 18.3 Å². The number of hydrogen-bond donors (Lipinski definition) is 3. The van der Waals surface area contributed by atoms with Gasteiger partial charge in [0.2, 0.25) is 5.91 Å². The second kappa shape index (κ2) is 13.3. The van der Waals surface area contributed by atoms with E-state index in [0.29, 0.717) is 24.1 Å². The van der Waals surface area contributed by atoms with Crippen LogP contribution in [0.5, 0.6) is 17.2 Å². The summed E-state index contributed by atoms with van der Waals surface area (Å²) in [5.41, 5.74) is 3.06. The minimum atomic E-state index is -0.575. The Morgan fingerprint density at radius 1 is 1.05 bits per heavy atom. The summed E-state index contributed by atoms with van der Waals surface area (Å²) in [5.74, 6) is 0.569. The summed E-state index contributed by atoms with van der Waals surface area (Å²) in [6, 6.07) is 25.9. The molecule has 0 radical (unpaired) electrons. The van der Waals surface area contributed by atoms with Gasteiger partial charge in [0.25, 0.3) is 0 Å². The van der Waals surface area contributed by atoms with E-state index < -0.39 is 5.82 Å². The number of thiocarbonyl (C=S) groups is 1. The molecule has 5 aromatic rings. The third-order valence-corrected chi connectivity index (χ3v) is 8.39. The number of benzene rings is 3. The fraction of sp³-hybridized carbons (Fsp3) is 0.182. The summed E-state index contributed by atoms with van der Waals surface area (Å²) >= 11 is 6.76. The zero-order chi connectivity index (χ0) is 29.6. The van der Waals surface area contributed by atoms with E-state index in [9.17, 15) is 4.79 Å². The molecule has 3 heterocycles. The van der Waals surface area contributed by atoms with Crippen molar-refractivity contribution in [3.8, 4) is 27.7 Å². The number of hydrogen-bond acceptors (Lipinski definition) is 7. The minimum Gasteiger partial charge on any atom is -0.492 e. The highest BCUT2D eigenvalue weighted by Crippen LogP contribution is 2.40. The first-order valence-electron chi connectivity index (χ1n) is 14.0. The summed E-state index contributed by atoms with van der Waals surface area (Å²) in [7, 11) is 0. The standard InChI is InChI=1S/C33H29FN4O3S2/c34-26-18-23(37-33(42)38-31(39)17-21-5-2-1-3-6-21)10-13-28(26)41-29-14-16-36-27-19-30(43-32(27)29)22-8-11-25(12-9-22)40-20-24-7-4-15-35-24/h1-3,5-6,8-14,16,18-19,24,35H,4,7,15,17,20H2,(H2,37,38,39,42)/t24-/m0/s1. The van der Waals surface area contributed by atoms with E-state index in [4.69, 9.17) is 21.7 Å². The number of thiophene rings is 1. The molecule has 1 amide bonds. The van der Waals surface area contributed by atoms with Crippen LogP contribution in [0, 0.1) is 5.82 Å². The second-order valence-corrected chi connectivity index (χ2v) is 11.6. The maximum absolute atomic E-state index is 15.1. The molecular weight excluding hydrogens is 584 g/mol. The van der Waals surface area contributed by atoms with Crippen LogP contribution in [0.1, 0.15) is 18.4 Å². The molecule has 1 saturated heterocycles. The Labute approximate surface area is 258 Å². The molecule has 0 bridgehead atoms. The molecule has 0 saturated carbocycles. The van der Waals surface area contributed by atoms with Gasteiger partial charge in [0, 0.05) is 34.9 Å². The zero-order valence-corrected chi connectivity index (χ0v) is 24.8. The lowest BCUT2D eigenvalue weighted by atomic mass is 10.1. The van der Waals surface area contributed by atoms with E-state index in [1.165, 1.54) is 29.9 Å². The van der Waals surface area contributed by atoms with Crippen LogP contribution in [0.15, 0.2) is 91.1 Å². The van der Waals surface area contributed by atoms with Crippen molar-refractivity contribution >= 4 is 50.5 Å². The molecule has 2 aromatic heterocycles. The predicted octanol–water partition coefficient (Wildman–Crippen LogP) is 7.08. The average Bonchev–Trinajstić information content (AvgIpc) is 3.69. The number of nitrogens with zero attached hydrogens (tertiary/aromatic N) is 1. The van der Waals surface area contributed by atoms with Crippen molar-refractivity contribution in [2.45, 2.75) is 25.3 Å². The molecule has 1 aliphatic rings. The third-order valence-electron chi connectivity index (χ3n) is 7.00. The molecule has 3 N–H and O–H groups in total. The van der Waals surface area contributed by atoms with Crippen LogP contribution in [0.25, 0.3) is 20.7 Å². The summed E-state index contributed by atoms with van der Waals surface area (Å²) in [4.78, 5) is 17.8. The Morgan fingerprint density at radius 2 is 1.88 bits per heavy atom. The quantitative estimate of drug-likeness (QED) is 0.153. The van der Waals surface area contributed by atoms with Crippen LogP contribution in [0.4, 0.5) is 10.1 Å².